The van der Waals surface area contributed by atoms with E-state index < -0.39 is 0 Å². The summed E-state index contributed by atoms with van der Waals surface area (Å²) in [6, 6.07) is 0.00206. The van der Waals surface area contributed by atoms with E-state index in [2.05, 4.69) is 16.9 Å². The van der Waals surface area contributed by atoms with Crippen molar-refractivity contribution in [2.45, 2.75) is 58.4 Å². The van der Waals surface area contributed by atoms with Crippen LogP contribution in [0.5, 0.6) is 0 Å². The van der Waals surface area contributed by atoms with E-state index in [1.165, 1.54) is 32.1 Å². The fraction of sp³-hybridized carbons (Fsp3) is 0.692. The van der Waals surface area contributed by atoms with Crippen LogP contribution in [0.1, 0.15) is 62.9 Å². The fourth-order valence-electron chi connectivity index (χ4n) is 1.69. The highest BCUT2D eigenvalue weighted by molar-refractivity contribution is 5.04. The van der Waals surface area contributed by atoms with E-state index in [1.807, 2.05) is 19.3 Å². The molecule has 0 saturated heterocycles. The summed E-state index contributed by atoms with van der Waals surface area (Å²) >= 11 is 0. The van der Waals surface area contributed by atoms with Gasteiger partial charge in [-0.05, 0) is 18.9 Å². The van der Waals surface area contributed by atoms with Crippen LogP contribution in [0.15, 0.2) is 12.4 Å². The van der Waals surface area contributed by atoms with Crippen molar-refractivity contribution in [1.82, 2.24) is 9.97 Å². The van der Waals surface area contributed by atoms with Gasteiger partial charge in [0.2, 0.25) is 0 Å². The lowest BCUT2D eigenvalue weighted by Crippen LogP contribution is -2.13. The number of unbranched alkanes of at least 4 members (excludes halogenated alkanes) is 4. The normalized spacial score (nSPS) is 12.7. The molecule has 16 heavy (non-hydrogen) atoms. The first-order valence-electron chi connectivity index (χ1n) is 6.28. The van der Waals surface area contributed by atoms with Gasteiger partial charge in [-0.25, -0.2) is 9.97 Å². The summed E-state index contributed by atoms with van der Waals surface area (Å²) in [7, 11) is 0. The first kappa shape index (κ1) is 13.1. The SMILES string of the molecule is CCCCCCCC(N)c1ncc(C)cn1. The van der Waals surface area contributed by atoms with Crippen LogP contribution >= 0.6 is 0 Å². The molecule has 3 nitrogen and oxygen atoms in total. The van der Waals surface area contributed by atoms with Gasteiger partial charge < -0.3 is 5.73 Å². The first-order valence-corrected chi connectivity index (χ1v) is 6.28. The number of aromatic nitrogens is 2. The minimum absolute atomic E-state index is 0.00206. The first-order chi connectivity index (χ1) is 7.74. The van der Waals surface area contributed by atoms with Crippen molar-refractivity contribution in [3.63, 3.8) is 0 Å². The standard InChI is InChI=1S/C13H23N3/c1-3-4-5-6-7-8-12(14)13-15-9-11(2)10-16-13/h9-10,12H,3-8,14H2,1-2H3. The zero-order valence-corrected chi connectivity index (χ0v) is 10.4. The van der Waals surface area contributed by atoms with Gasteiger partial charge in [-0.3, -0.25) is 0 Å². The summed E-state index contributed by atoms with van der Waals surface area (Å²) in [5.41, 5.74) is 7.12. The largest absolute Gasteiger partial charge is 0.321 e. The average molecular weight is 221 g/mol. The zero-order chi connectivity index (χ0) is 11.8. The molecule has 1 atom stereocenters. The molecule has 0 aliphatic rings. The quantitative estimate of drug-likeness (QED) is 0.720. The second kappa shape index (κ2) is 7.34. The number of aryl methyl sites for hydroxylation is 1. The van der Waals surface area contributed by atoms with E-state index in [0.717, 1.165) is 17.8 Å². The molecule has 0 amide bonds. The van der Waals surface area contributed by atoms with Crippen LogP contribution in [0, 0.1) is 6.92 Å². The number of hydrogen-bond donors (Lipinski definition) is 1. The molecule has 2 N–H and O–H groups in total. The smallest absolute Gasteiger partial charge is 0.144 e. The van der Waals surface area contributed by atoms with Gasteiger partial charge in [0.15, 0.2) is 0 Å². The van der Waals surface area contributed by atoms with Gasteiger partial charge in [0, 0.05) is 12.4 Å². The predicted octanol–water partition coefficient (Wildman–Crippen LogP) is 3.15. The van der Waals surface area contributed by atoms with E-state index in [4.69, 9.17) is 5.73 Å². The molecule has 0 radical (unpaired) electrons. The molecule has 0 bridgehead atoms. The van der Waals surface area contributed by atoms with Gasteiger partial charge in [0.25, 0.3) is 0 Å². The van der Waals surface area contributed by atoms with E-state index in [9.17, 15) is 0 Å². The third-order valence-electron chi connectivity index (χ3n) is 2.75. The maximum Gasteiger partial charge on any atom is 0.144 e. The Kier molecular flexibility index (Phi) is 6.01. The molecule has 1 aromatic rings. The maximum absolute atomic E-state index is 6.03. The molecule has 0 spiro atoms. The van der Waals surface area contributed by atoms with Crippen molar-refractivity contribution in [3.8, 4) is 0 Å². The number of nitrogens with two attached hydrogens (primary N) is 1. The topological polar surface area (TPSA) is 51.8 Å². The third-order valence-corrected chi connectivity index (χ3v) is 2.75. The van der Waals surface area contributed by atoms with Crippen molar-refractivity contribution in [1.29, 1.82) is 0 Å². The maximum atomic E-state index is 6.03. The highest BCUT2D eigenvalue weighted by Gasteiger charge is 2.07. The number of rotatable bonds is 7. The van der Waals surface area contributed by atoms with E-state index in [1.54, 1.807) is 0 Å². The molecular weight excluding hydrogens is 198 g/mol. The molecule has 1 rings (SSSR count). The van der Waals surface area contributed by atoms with Crippen molar-refractivity contribution >= 4 is 0 Å². The van der Waals surface area contributed by atoms with Gasteiger partial charge in [-0.2, -0.15) is 0 Å². The molecule has 0 aliphatic heterocycles. The lowest BCUT2D eigenvalue weighted by Gasteiger charge is -2.09. The molecule has 1 unspecified atom stereocenters. The molecule has 90 valence electrons. The molecule has 1 aromatic heterocycles. The molecule has 3 heteroatoms. The number of hydrogen-bond acceptors (Lipinski definition) is 3. The molecule has 0 aromatic carbocycles. The highest BCUT2D eigenvalue weighted by Crippen LogP contribution is 2.14. The van der Waals surface area contributed by atoms with Crippen LogP contribution in [-0.2, 0) is 0 Å². The minimum atomic E-state index is 0.00206. The Bertz CT molecular complexity index is 282. The summed E-state index contributed by atoms with van der Waals surface area (Å²) in [6.07, 6.45) is 11.0. The second-order valence-corrected chi connectivity index (χ2v) is 4.43. The lowest BCUT2D eigenvalue weighted by molar-refractivity contribution is 0.538. The van der Waals surface area contributed by atoms with Gasteiger partial charge in [-0.1, -0.05) is 39.0 Å². The van der Waals surface area contributed by atoms with E-state index in [0.29, 0.717) is 0 Å². The predicted molar refractivity (Wildman–Crippen MR) is 67.1 cm³/mol. The van der Waals surface area contributed by atoms with Crippen LogP contribution in [-0.4, -0.2) is 9.97 Å². The zero-order valence-electron chi connectivity index (χ0n) is 10.4. The van der Waals surface area contributed by atoms with Crippen molar-refractivity contribution in [3.05, 3.63) is 23.8 Å². The summed E-state index contributed by atoms with van der Waals surface area (Å²) in [4.78, 5) is 8.51. The van der Waals surface area contributed by atoms with Gasteiger partial charge in [0.05, 0.1) is 6.04 Å². The Balaban J connectivity index is 2.24. The summed E-state index contributed by atoms with van der Waals surface area (Å²) in [6.45, 7) is 4.21. The van der Waals surface area contributed by atoms with Crippen LogP contribution in [0.25, 0.3) is 0 Å². The molecule has 0 saturated carbocycles. The Hall–Kier alpha value is -0.960. The third kappa shape index (κ3) is 4.71. The van der Waals surface area contributed by atoms with Gasteiger partial charge in [-0.15, -0.1) is 0 Å². The highest BCUT2D eigenvalue weighted by atomic mass is 14.9. The second-order valence-electron chi connectivity index (χ2n) is 4.43. The van der Waals surface area contributed by atoms with Crippen molar-refractivity contribution < 1.29 is 0 Å². The number of nitrogens with zero attached hydrogens (tertiary/aromatic N) is 2. The summed E-state index contributed by atoms with van der Waals surface area (Å²) in [5, 5.41) is 0. The summed E-state index contributed by atoms with van der Waals surface area (Å²) < 4.78 is 0. The molecular formula is C13H23N3. The van der Waals surface area contributed by atoms with Crippen LogP contribution in [0.2, 0.25) is 0 Å². The minimum Gasteiger partial charge on any atom is -0.321 e. The summed E-state index contributed by atoms with van der Waals surface area (Å²) in [5.74, 6) is 0.779. The Morgan fingerprint density at radius 2 is 1.75 bits per heavy atom. The van der Waals surface area contributed by atoms with Crippen molar-refractivity contribution in [2.24, 2.45) is 5.73 Å². The molecule has 0 aliphatic carbocycles. The lowest BCUT2D eigenvalue weighted by atomic mass is 10.1. The Morgan fingerprint density at radius 1 is 1.12 bits per heavy atom. The van der Waals surface area contributed by atoms with Crippen LogP contribution < -0.4 is 5.73 Å². The monoisotopic (exact) mass is 221 g/mol. The van der Waals surface area contributed by atoms with E-state index in [-0.39, 0.29) is 6.04 Å². The van der Waals surface area contributed by atoms with Gasteiger partial charge in [0.1, 0.15) is 5.82 Å². The molecule has 1 heterocycles. The van der Waals surface area contributed by atoms with E-state index >= 15 is 0 Å². The fourth-order valence-corrected chi connectivity index (χ4v) is 1.69. The molecule has 0 fully saturated rings. The van der Waals surface area contributed by atoms with Crippen LogP contribution in [0.4, 0.5) is 0 Å². The Morgan fingerprint density at radius 3 is 2.38 bits per heavy atom. The van der Waals surface area contributed by atoms with Crippen LogP contribution in [0.3, 0.4) is 0 Å². The van der Waals surface area contributed by atoms with Crippen molar-refractivity contribution in [2.75, 3.05) is 0 Å². The average Bonchev–Trinajstić information content (AvgIpc) is 2.29. The Labute approximate surface area is 98.5 Å². The van der Waals surface area contributed by atoms with Gasteiger partial charge >= 0.3 is 0 Å².